The summed E-state index contributed by atoms with van der Waals surface area (Å²) in [6, 6.07) is 6.46. The SMILES string of the molecule is CCCOC(=O)c1ccc(OCC(=O)N/N=C(\C)C(C)(C)C)cc1. The van der Waals surface area contributed by atoms with Gasteiger partial charge in [0.1, 0.15) is 5.75 Å². The van der Waals surface area contributed by atoms with Crippen molar-refractivity contribution < 1.29 is 19.1 Å². The first-order valence-corrected chi connectivity index (χ1v) is 7.97. The zero-order valence-corrected chi connectivity index (χ0v) is 15.0. The largest absolute Gasteiger partial charge is 0.484 e. The van der Waals surface area contributed by atoms with E-state index in [0.717, 1.165) is 12.1 Å². The topological polar surface area (TPSA) is 77.0 Å². The molecule has 0 bridgehead atoms. The number of amides is 1. The molecule has 0 spiro atoms. The van der Waals surface area contributed by atoms with E-state index >= 15 is 0 Å². The summed E-state index contributed by atoms with van der Waals surface area (Å²) in [5.74, 6) is -0.216. The molecule has 0 aromatic heterocycles. The highest BCUT2D eigenvalue weighted by atomic mass is 16.5. The molecule has 0 radical (unpaired) electrons. The van der Waals surface area contributed by atoms with Gasteiger partial charge in [-0.2, -0.15) is 5.10 Å². The van der Waals surface area contributed by atoms with Crippen LogP contribution in [0, 0.1) is 5.41 Å². The summed E-state index contributed by atoms with van der Waals surface area (Å²) in [7, 11) is 0. The Balaban J connectivity index is 2.48. The van der Waals surface area contributed by atoms with Crippen molar-refractivity contribution in [3.63, 3.8) is 0 Å². The minimum atomic E-state index is -0.367. The molecule has 6 nitrogen and oxygen atoms in total. The molecule has 0 heterocycles. The van der Waals surface area contributed by atoms with Crippen LogP contribution in [0.25, 0.3) is 0 Å². The van der Waals surface area contributed by atoms with Crippen LogP contribution in [0.4, 0.5) is 0 Å². The van der Waals surface area contributed by atoms with Gasteiger partial charge in [0, 0.05) is 11.1 Å². The van der Waals surface area contributed by atoms with E-state index in [0.29, 0.717) is 17.9 Å². The molecule has 0 aliphatic heterocycles. The molecule has 24 heavy (non-hydrogen) atoms. The lowest BCUT2D eigenvalue weighted by atomic mass is 9.91. The summed E-state index contributed by atoms with van der Waals surface area (Å²) >= 11 is 0. The second kappa shape index (κ2) is 9.05. The van der Waals surface area contributed by atoms with E-state index in [9.17, 15) is 9.59 Å². The summed E-state index contributed by atoms with van der Waals surface area (Å²) in [6.45, 7) is 10.1. The Morgan fingerprint density at radius 1 is 1.17 bits per heavy atom. The van der Waals surface area contributed by atoms with E-state index < -0.39 is 0 Å². The highest BCUT2D eigenvalue weighted by Gasteiger charge is 2.14. The van der Waals surface area contributed by atoms with E-state index in [2.05, 4.69) is 10.5 Å². The van der Waals surface area contributed by atoms with Crippen LogP contribution in [-0.4, -0.2) is 30.8 Å². The van der Waals surface area contributed by atoms with Crippen LogP contribution in [0.2, 0.25) is 0 Å². The predicted molar refractivity (Wildman–Crippen MR) is 93.2 cm³/mol. The van der Waals surface area contributed by atoms with Crippen molar-refractivity contribution in [3.8, 4) is 5.75 Å². The smallest absolute Gasteiger partial charge is 0.338 e. The summed E-state index contributed by atoms with van der Waals surface area (Å²) in [4.78, 5) is 23.4. The van der Waals surface area contributed by atoms with Gasteiger partial charge in [0.25, 0.3) is 5.91 Å². The van der Waals surface area contributed by atoms with Gasteiger partial charge in [-0.3, -0.25) is 4.79 Å². The Morgan fingerprint density at radius 3 is 2.33 bits per heavy atom. The van der Waals surface area contributed by atoms with E-state index in [1.165, 1.54) is 0 Å². The van der Waals surface area contributed by atoms with Crippen molar-refractivity contribution in [2.45, 2.75) is 41.0 Å². The highest BCUT2D eigenvalue weighted by molar-refractivity contribution is 5.89. The number of carbonyl (C=O) groups excluding carboxylic acids is 2. The number of hydrazone groups is 1. The number of hydrogen-bond acceptors (Lipinski definition) is 5. The molecule has 1 aromatic rings. The van der Waals surface area contributed by atoms with E-state index in [4.69, 9.17) is 9.47 Å². The first-order valence-electron chi connectivity index (χ1n) is 7.97. The fourth-order valence-corrected chi connectivity index (χ4v) is 1.46. The maximum Gasteiger partial charge on any atom is 0.338 e. The van der Waals surface area contributed by atoms with Crippen molar-refractivity contribution in [2.24, 2.45) is 10.5 Å². The van der Waals surface area contributed by atoms with Crippen LogP contribution in [0.1, 0.15) is 51.4 Å². The van der Waals surface area contributed by atoms with Crippen LogP contribution < -0.4 is 10.2 Å². The molecular formula is C18H26N2O4. The van der Waals surface area contributed by atoms with Crippen LogP contribution in [0.5, 0.6) is 5.75 Å². The van der Waals surface area contributed by atoms with Crippen molar-refractivity contribution in [2.75, 3.05) is 13.2 Å². The van der Waals surface area contributed by atoms with Crippen molar-refractivity contribution >= 4 is 17.6 Å². The van der Waals surface area contributed by atoms with Crippen molar-refractivity contribution in [1.82, 2.24) is 5.43 Å². The van der Waals surface area contributed by atoms with Gasteiger partial charge in [-0.1, -0.05) is 27.7 Å². The molecule has 1 amide bonds. The van der Waals surface area contributed by atoms with Gasteiger partial charge in [-0.15, -0.1) is 0 Å². The minimum absolute atomic E-state index is 0.101. The van der Waals surface area contributed by atoms with Crippen molar-refractivity contribution in [1.29, 1.82) is 0 Å². The monoisotopic (exact) mass is 334 g/mol. The summed E-state index contributed by atoms with van der Waals surface area (Å²) in [6.07, 6.45) is 0.777. The maximum atomic E-state index is 11.7. The number of nitrogens with zero attached hydrogens (tertiary/aromatic N) is 1. The molecule has 0 unspecified atom stereocenters. The Labute approximate surface area is 143 Å². The van der Waals surface area contributed by atoms with Crippen LogP contribution in [0.3, 0.4) is 0 Å². The number of benzene rings is 1. The first kappa shape index (κ1) is 19.7. The summed E-state index contributed by atoms with van der Waals surface area (Å²) < 4.78 is 10.4. The number of hydrogen-bond donors (Lipinski definition) is 1. The van der Waals surface area contributed by atoms with E-state index in [-0.39, 0.29) is 23.9 Å². The fourth-order valence-electron chi connectivity index (χ4n) is 1.46. The molecule has 1 aromatic carbocycles. The molecular weight excluding hydrogens is 308 g/mol. The zero-order chi connectivity index (χ0) is 18.2. The van der Waals surface area contributed by atoms with Crippen LogP contribution >= 0.6 is 0 Å². The Hall–Kier alpha value is -2.37. The minimum Gasteiger partial charge on any atom is -0.484 e. The molecule has 0 aliphatic rings. The number of ether oxygens (including phenoxy) is 2. The lowest BCUT2D eigenvalue weighted by Crippen LogP contribution is -2.28. The molecule has 0 aliphatic carbocycles. The molecule has 132 valence electrons. The van der Waals surface area contributed by atoms with Crippen molar-refractivity contribution in [3.05, 3.63) is 29.8 Å². The lowest BCUT2D eigenvalue weighted by Gasteiger charge is -2.17. The first-order chi connectivity index (χ1) is 11.2. The molecule has 0 saturated heterocycles. The molecule has 1 N–H and O–H groups in total. The van der Waals surface area contributed by atoms with Crippen LogP contribution in [0.15, 0.2) is 29.4 Å². The quantitative estimate of drug-likeness (QED) is 0.472. The van der Waals surface area contributed by atoms with Gasteiger partial charge in [-0.05, 0) is 37.6 Å². The fraction of sp³-hybridized carbons (Fsp3) is 0.500. The van der Waals surface area contributed by atoms with E-state index in [1.54, 1.807) is 24.3 Å². The second-order valence-corrected chi connectivity index (χ2v) is 6.43. The van der Waals surface area contributed by atoms with Gasteiger partial charge < -0.3 is 9.47 Å². The average molecular weight is 334 g/mol. The second-order valence-electron chi connectivity index (χ2n) is 6.43. The summed E-state index contributed by atoms with van der Waals surface area (Å²) in [5.41, 5.74) is 3.64. The zero-order valence-electron chi connectivity index (χ0n) is 15.0. The van der Waals surface area contributed by atoms with Crippen LogP contribution in [-0.2, 0) is 9.53 Å². The maximum absolute atomic E-state index is 11.7. The number of nitrogens with one attached hydrogen (secondary N) is 1. The third kappa shape index (κ3) is 6.81. The third-order valence-corrected chi connectivity index (χ3v) is 3.33. The van der Waals surface area contributed by atoms with Gasteiger partial charge >= 0.3 is 5.97 Å². The van der Waals surface area contributed by atoms with Gasteiger partial charge in [-0.25, -0.2) is 10.2 Å². The highest BCUT2D eigenvalue weighted by Crippen LogP contribution is 2.15. The van der Waals surface area contributed by atoms with Gasteiger partial charge in [0.15, 0.2) is 6.61 Å². The predicted octanol–water partition coefficient (Wildman–Crippen LogP) is 3.17. The Bertz CT molecular complexity index is 586. The number of carbonyl (C=O) groups is 2. The molecule has 0 fully saturated rings. The normalized spacial score (nSPS) is 11.8. The standard InChI is InChI=1S/C18H26N2O4/c1-6-11-23-17(22)14-7-9-15(10-8-14)24-12-16(21)20-19-13(2)18(3,4)5/h7-10H,6,11-12H2,1-5H3,(H,20,21)/b19-13+. The lowest BCUT2D eigenvalue weighted by molar-refractivity contribution is -0.123. The average Bonchev–Trinajstić information content (AvgIpc) is 2.55. The molecule has 1 rings (SSSR count). The van der Waals surface area contributed by atoms with Gasteiger partial charge in [0.2, 0.25) is 0 Å². The number of esters is 1. The third-order valence-electron chi connectivity index (χ3n) is 3.33. The Morgan fingerprint density at radius 2 is 1.79 bits per heavy atom. The Kier molecular flexibility index (Phi) is 7.42. The van der Waals surface area contributed by atoms with Gasteiger partial charge in [0.05, 0.1) is 12.2 Å². The van der Waals surface area contributed by atoms with E-state index in [1.807, 2.05) is 34.6 Å². The summed E-state index contributed by atoms with van der Waals surface area (Å²) in [5, 5.41) is 4.05. The number of rotatable bonds is 7. The molecule has 0 saturated carbocycles. The molecule has 0 atom stereocenters. The molecule has 6 heteroatoms.